The van der Waals surface area contributed by atoms with Crippen LogP contribution in [-0.4, -0.2) is 16.8 Å². The van der Waals surface area contributed by atoms with E-state index in [4.69, 9.17) is 0 Å². The van der Waals surface area contributed by atoms with Gasteiger partial charge in [-0.3, -0.25) is 14.5 Å². The normalized spacial score (nSPS) is 18.1. The maximum atomic E-state index is 13.5. The Labute approximate surface area is 188 Å². The molecule has 0 aliphatic carbocycles. The van der Waals surface area contributed by atoms with E-state index in [9.17, 15) is 19.1 Å². The number of hydrogen-bond donors (Lipinski definition) is 1. The topological polar surface area (TPSA) is 57.6 Å². The highest BCUT2D eigenvalue weighted by Gasteiger charge is 2.46. The van der Waals surface area contributed by atoms with Gasteiger partial charge in [0.25, 0.3) is 11.7 Å². The summed E-state index contributed by atoms with van der Waals surface area (Å²) in [6.07, 6.45) is 0. The Balaban J connectivity index is 1.93. The van der Waals surface area contributed by atoms with Crippen molar-refractivity contribution in [2.75, 3.05) is 4.90 Å². The van der Waals surface area contributed by atoms with Gasteiger partial charge in [-0.2, -0.15) is 0 Å². The summed E-state index contributed by atoms with van der Waals surface area (Å²) in [5.74, 6) is -2.28. The molecule has 1 atom stereocenters. The third-order valence-corrected chi connectivity index (χ3v) is 5.91. The molecule has 0 aromatic heterocycles. The van der Waals surface area contributed by atoms with E-state index in [0.717, 1.165) is 8.95 Å². The fraction of sp³-hybridized carbons (Fsp3) is 0.0435. The Kier molecular flexibility index (Phi) is 5.58. The molecule has 7 heteroatoms. The van der Waals surface area contributed by atoms with Crippen LogP contribution in [0.25, 0.3) is 5.76 Å². The molecule has 150 valence electrons. The van der Waals surface area contributed by atoms with Crippen molar-refractivity contribution in [1.82, 2.24) is 0 Å². The SMILES string of the molecule is O=C1C(=O)N(c2ccc(Br)cc2)[C@@H](c2ccc(F)cc2)/C1=C(\O)c1ccc(Br)cc1. The lowest BCUT2D eigenvalue weighted by Crippen LogP contribution is -2.29. The third-order valence-electron chi connectivity index (χ3n) is 4.85. The number of nitrogens with zero attached hydrogens (tertiary/aromatic N) is 1. The maximum absolute atomic E-state index is 13.5. The summed E-state index contributed by atoms with van der Waals surface area (Å²) in [7, 11) is 0. The molecule has 0 saturated carbocycles. The highest BCUT2D eigenvalue weighted by atomic mass is 79.9. The standard InChI is InChI=1S/C23H14Br2FNO3/c24-15-5-1-14(2-6-15)21(28)19-20(13-3-9-17(26)10-4-13)27(23(30)22(19)29)18-11-7-16(25)8-12-18/h1-12,20,28H/b21-19+/t20-/m0/s1. The first-order valence-electron chi connectivity index (χ1n) is 8.95. The van der Waals surface area contributed by atoms with Crippen molar-refractivity contribution in [3.05, 3.63) is 104 Å². The molecule has 1 saturated heterocycles. The zero-order valence-electron chi connectivity index (χ0n) is 15.4. The predicted molar refractivity (Wildman–Crippen MR) is 119 cm³/mol. The minimum atomic E-state index is -0.893. The van der Waals surface area contributed by atoms with Gasteiger partial charge in [-0.15, -0.1) is 0 Å². The second kappa shape index (κ2) is 8.16. The average molecular weight is 531 g/mol. The Morgan fingerprint density at radius 1 is 0.833 bits per heavy atom. The van der Waals surface area contributed by atoms with Crippen molar-refractivity contribution in [2.45, 2.75) is 6.04 Å². The number of Topliss-reactive ketones (excluding diaryl/α,β-unsaturated/α-hetero) is 1. The number of hydrogen-bond acceptors (Lipinski definition) is 3. The Hall–Kier alpha value is -2.77. The van der Waals surface area contributed by atoms with Crippen LogP contribution >= 0.6 is 31.9 Å². The second-order valence-electron chi connectivity index (χ2n) is 6.70. The number of aliphatic hydroxyl groups is 1. The van der Waals surface area contributed by atoms with Crippen LogP contribution in [0.15, 0.2) is 87.3 Å². The van der Waals surface area contributed by atoms with Gasteiger partial charge in [0.1, 0.15) is 11.6 Å². The number of amides is 1. The molecule has 4 nitrogen and oxygen atoms in total. The molecule has 4 rings (SSSR count). The van der Waals surface area contributed by atoms with E-state index in [-0.39, 0.29) is 11.3 Å². The molecule has 30 heavy (non-hydrogen) atoms. The van der Waals surface area contributed by atoms with E-state index in [0.29, 0.717) is 16.8 Å². The summed E-state index contributed by atoms with van der Waals surface area (Å²) < 4.78 is 15.2. The minimum absolute atomic E-state index is 0.0446. The summed E-state index contributed by atoms with van der Waals surface area (Å²) in [5.41, 5.74) is 1.36. The quantitative estimate of drug-likeness (QED) is 0.257. The van der Waals surface area contributed by atoms with Crippen LogP contribution in [0, 0.1) is 5.82 Å². The van der Waals surface area contributed by atoms with Crippen LogP contribution in [-0.2, 0) is 9.59 Å². The van der Waals surface area contributed by atoms with Crippen molar-refractivity contribution in [3.8, 4) is 0 Å². The van der Waals surface area contributed by atoms with Gasteiger partial charge in [-0.1, -0.05) is 56.1 Å². The zero-order valence-corrected chi connectivity index (χ0v) is 18.5. The van der Waals surface area contributed by atoms with Gasteiger partial charge in [0.15, 0.2) is 0 Å². The molecule has 0 spiro atoms. The molecule has 1 fully saturated rings. The van der Waals surface area contributed by atoms with Gasteiger partial charge in [-0.05, 0) is 54.1 Å². The summed E-state index contributed by atoms with van der Waals surface area (Å²) in [6.45, 7) is 0. The molecule has 1 heterocycles. The molecule has 1 amide bonds. The molecule has 3 aromatic carbocycles. The molecule has 0 radical (unpaired) electrons. The number of anilines is 1. The van der Waals surface area contributed by atoms with E-state index >= 15 is 0 Å². The number of halogens is 3. The molecule has 0 unspecified atom stereocenters. The molecule has 3 aromatic rings. The number of carbonyl (C=O) groups excluding carboxylic acids is 2. The van der Waals surface area contributed by atoms with Crippen molar-refractivity contribution in [1.29, 1.82) is 0 Å². The molecule has 1 aliphatic heterocycles. The van der Waals surface area contributed by atoms with E-state index in [1.165, 1.54) is 29.2 Å². The number of rotatable bonds is 3. The van der Waals surface area contributed by atoms with Crippen molar-refractivity contribution >= 4 is 55.0 Å². The van der Waals surface area contributed by atoms with Crippen LogP contribution < -0.4 is 4.90 Å². The van der Waals surface area contributed by atoms with Crippen LogP contribution in [0.5, 0.6) is 0 Å². The first-order chi connectivity index (χ1) is 14.4. The van der Waals surface area contributed by atoms with E-state index in [1.54, 1.807) is 48.5 Å². The molecule has 0 bridgehead atoms. The van der Waals surface area contributed by atoms with Gasteiger partial charge >= 0.3 is 0 Å². The number of ketones is 1. The van der Waals surface area contributed by atoms with Crippen molar-refractivity contribution < 1.29 is 19.1 Å². The fourth-order valence-corrected chi connectivity index (χ4v) is 3.95. The molecule has 1 N–H and O–H groups in total. The number of benzene rings is 3. The average Bonchev–Trinajstić information content (AvgIpc) is 3.00. The highest BCUT2D eigenvalue weighted by Crippen LogP contribution is 2.42. The van der Waals surface area contributed by atoms with E-state index < -0.39 is 23.5 Å². The second-order valence-corrected chi connectivity index (χ2v) is 8.54. The Morgan fingerprint density at radius 3 is 1.93 bits per heavy atom. The summed E-state index contributed by atoms with van der Waals surface area (Å²) in [4.78, 5) is 27.3. The zero-order chi connectivity index (χ0) is 21.4. The van der Waals surface area contributed by atoms with Crippen molar-refractivity contribution in [2.24, 2.45) is 0 Å². The smallest absolute Gasteiger partial charge is 0.300 e. The Bertz CT molecular complexity index is 1160. The largest absolute Gasteiger partial charge is 0.507 e. The Morgan fingerprint density at radius 2 is 1.37 bits per heavy atom. The molecular formula is C23H14Br2FNO3. The van der Waals surface area contributed by atoms with Gasteiger partial charge in [-0.25, -0.2) is 4.39 Å². The molecule has 1 aliphatic rings. The monoisotopic (exact) mass is 529 g/mol. The lowest BCUT2D eigenvalue weighted by atomic mass is 9.95. The minimum Gasteiger partial charge on any atom is -0.507 e. The summed E-state index contributed by atoms with van der Waals surface area (Å²) >= 11 is 6.69. The summed E-state index contributed by atoms with van der Waals surface area (Å²) in [5, 5.41) is 11.0. The van der Waals surface area contributed by atoms with Crippen LogP contribution in [0.2, 0.25) is 0 Å². The van der Waals surface area contributed by atoms with Gasteiger partial charge in [0.2, 0.25) is 0 Å². The predicted octanol–water partition coefficient (Wildman–Crippen LogP) is 5.98. The van der Waals surface area contributed by atoms with E-state index in [2.05, 4.69) is 31.9 Å². The number of carbonyl (C=O) groups is 2. The lowest BCUT2D eigenvalue weighted by molar-refractivity contribution is -0.132. The fourth-order valence-electron chi connectivity index (χ4n) is 3.42. The molecular weight excluding hydrogens is 517 g/mol. The lowest BCUT2D eigenvalue weighted by Gasteiger charge is -2.25. The van der Waals surface area contributed by atoms with Gasteiger partial charge in [0.05, 0.1) is 11.6 Å². The summed E-state index contributed by atoms with van der Waals surface area (Å²) in [6, 6.07) is 18.3. The third kappa shape index (κ3) is 3.70. The first kappa shape index (κ1) is 20.5. The van der Waals surface area contributed by atoms with Gasteiger partial charge < -0.3 is 5.11 Å². The van der Waals surface area contributed by atoms with Gasteiger partial charge in [0, 0.05) is 20.2 Å². The van der Waals surface area contributed by atoms with E-state index in [1.807, 2.05) is 0 Å². The number of aliphatic hydroxyl groups excluding tert-OH is 1. The maximum Gasteiger partial charge on any atom is 0.300 e. The first-order valence-corrected chi connectivity index (χ1v) is 10.5. The van der Waals surface area contributed by atoms with Crippen LogP contribution in [0.4, 0.5) is 10.1 Å². The highest BCUT2D eigenvalue weighted by molar-refractivity contribution is 9.10. The van der Waals surface area contributed by atoms with Crippen LogP contribution in [0.1, 0.15) is 17.2 Å². The van der Waals surface area contributed by atoms with Crippen LogP contribution in [0.3, 0.4) is 0 Å². The van der Waals surface area contributed by atoms with Crippen molar-refractivity contribution in [3.63, 3.8) is 0 Å².